The summed E-state index contributed by atoms with van der Waals surface area (Å²) in [5.74, 6) is 0.308. The first kappa shape index (κ1) is 17.3. The monoisotopic (exact) mass is 338 g/mol. The summed E-state index contributed by atoms with van der Waals surface area (Å²) in [5.41, 5.74) is 1.39. The zero-order valence-electron chi connectivity index (χ0n) is 12.9. The Kier molecular flexibility index (Phi) is 6.24. The summed E-state index contributed by atoms with van der Waals surface area (Å²) >= 11 is 1.80. The molecule has 120 valence electrons. The van der Waals surface area contributed by atoms with Crippen molar-refractivity contribution in [3.05, 3.63) is 35.2 Å². The number of piperazine rings is 1. The van der Waals surface area contributed by atoms with E-state index in [1.807, 2.05) is 4.90 Å². The molecule has 1 aliphatic heterocycles. The number of fused-ring (bicyclic) bond motifs is 1. The predicted molar refractivity (Wildman–Crippen MR) is 96.1 cm³/mol. The molecule has 1 amide bonds. The second-order valence-electron chi connectivity index (χ2n) is 5.81. The van der Waals surface area contributed by atoms with Gasteiger partial charge >= 0.3 is 0 Å². The van der Waals surface area contributed by atoms with Crippen LogP contribution in [0.4, 0.5) is 0 Å². The number of benzene rings is 1. The predicted octanol–water partition coefficient (Wildman–Crippen LogP) is 3.47. The van der Waals surface area contributed by atoms with E-state index in [1.165, 1.54) is 15.6 Å². The van der Waals surface area contributed by atoms with E-state index in [0.717, 1.165) is 32.5 Å². The number of carbonyl (C=O) groups excluding carboxylic acids is 1. The Labute approximate surface area is 142 Å². The van der Waals surface area contributed by atoms with Gasteiger partial charge in [0, 0.05) is 36.8 Å². The normalized spacial score (nSPS) is 18.2. The molecule has 1 N–H and O–H groups in total. The van der Waals surface area contributed by atoms with Gasteiger partial charge < -0.3 is 10.2 Å². The van der Waals surface area contributed by atoms with Gasteiger partial charge in [0.15, 0.2) is 0 Å². The molecule has 0 radical (unpaired) electrons. The van der Waals surface area contributed by atoms with Crippen LogP contribution in [-0.2, 0) is 11.2 Å². The van der Waals surface area contributed by atoms with Crippen LogP contribution in [-0.4, -0.2) is 36.5 Å². The molecule has 2 aromatic rings. The van der Waals surface area contributed by atoms with Crippen molar-refractivity contribution in [1.82, 2.24) is 10.2 Å². The van der Waals surface area contributed by atoms with Gasteiger partial charge in [0.1, 0.15) is 0 Å². The summed E-state index contributed by atoms with van der Waals surface area (Å²) in [6.45, 7) is 4.75. The highest BCUT2D eigenvalue weighted by atomic mass is 35.5. The third-order valence-electron chi connectivity index (χ3n) is 4.12. The number of halogens is 1. The van der Waals surface area contributed by atoms with Crippen LogP contribution in [0.3, 0.4) is 0 Å². The second-order valence-corrected chi connectivity index (χ2v) is 6.72. The number of amides is 1. The number of rotatable bonds is 4. The van der Waals surface area contributed by atoms with Crippen molar-refractivity contribution in [2.75, 3.05) is 19.6 Å². The van der Waals surface area contributed by atoms with Gasteiger partial charge in [0.05, 0.1) is 0 Å². The van der Waals surface area contributed by atoms with Crippen molar-refractivity contribution in [2.45, 2.75) is 32.2 Å². The smallest absolute Gasteiger partial charge is 0.222 e. The van der Waals surface area contributed by atoms with Crippen LogP contribution < -0.4 is 5.32 Å². The van der Waals surface area contributed by atoms with E-state index in [4.69, 9.17) is 0 Å². The Hall–Kier alpha value is -1.10. The Morgan fingerprint density at radius 1 is 1.41 bits per heavy atom. The molecule has 0 bridgehead atoms. The van der Waals surface area contributed by atoms with Crippen LogP contribution in [0, 0.1) is 0 Å². The Morgan fingerprint density at radius 2 is 2.23 bits per heavy atom. The second kappa shape index (κ2) is 7.95. The Morgan fingerprint density at radius 3 is 3.05 bits per heavy atom. The molecule has 2 heterocycles. The Balaban J connectivity index is 0.00000176. The van der Waals surface area contributed by atoms with Gasteiger partial charge in [0.2, 0.25) is 5.91 Å². The average Bonchev–Trinajstić information content (AvgIpc) is 2.91. The van der Waals surface area contributed by atoms with Crippen LogP contribution in [0.5, 0.6) is 0 Å². The summed E-state index contributed by atoms with van der Waals surface area (Å²) < 4.78 is 1.34. The van der Waals surface area contributed by atoms with Gasteiger partial charge in [-0.2, -0.15) is 0 Å². The van der Waals surface area contributed by atoms with Crippen LogP contribution in [0.2, 0.25) is 0 Å². The molecule has 3 rings (SSSR count). The Bertz CT molecular complexity index is 628. The number of nitrogens with one attached hydrogen (secondary N) is 1. The van der Waals surface area contributed by atoms with Gasteiger partial charge in [-0.25, -0.2) is 0 Å². The third kappa shape index (κ3) is 4.00. The minimum Gasteiger partial charge on any atom is -0.340 e. The summed E-state index contributed by atoms with van der Waals surface area (Å²) in [7, 11) is 0. The highest BCUT2D eigenvalue weighted by molar-refractivity contribution is 7.17. The van der Waals surface area contributed by atoms with E-state index in [-0.39, 0.29) is 12.4 Å². The largest absolute Gasteiger partial charge is 0.340 e. The number of hydrogen-bond donors (Lipinski definition) is 1. The van der Waals surface area contributed by atoms with Crippen molar-refractivity contribution in [3.8, 4) is 0 Å². The molecule has 1 aromatic heterocycles. The fraction of sp³-hybridized carbons (Fsp3) is 0.471. The van der Waals surface area contributed by atoms with Crippen molar-refractivity contribution in [2.24, 2.45) is 0 Å². The molecule has 22 heavy (non-hydrogen) atoms. The summed E-state index contributed by atoms with van der Waals surface area (Å²) in [6.07, 6.45) is 2.60. The molecule has 0 saturated carbocycles. The first-order valence-corrected chi connectivity index (χ1v) is 8.58. The lowest BCUT2D eigenvalue weighted by Crippen LogP contribution is -2.51. The van der Waals surface area contributed by atoms with Gasteiger partial charge in [-0.15, -0.1) is 23.7 Å². The quantitative estimate of drug-likeness (QED) is 0.925. The summed E-state index contributed by atoms with van der Waals surface area (Å²) in [4.78, 5) is 14.2. The maximum atomic E-state index is 12.2. The minimum absolute atomic E-state index is 0. The maximum Gasteiger partial charge on any atom is 0.222 e. The van der Waals surface area contributed by atoms with Crippen molar-refractivity contribution in [3.63, 3.8) is 0 Å². The SMILES string of the molecule is CC1CN(C(=O)CCCc2csc3ccccc23)CCN1.Cl. The molecule has 1 aliphatic rings. The van der Waals surface area contributed by atoms with Gasteiger partial charge in [0.25, 0.3) is 0 Å². The van der Waals surface area contributed by atoms with Crippen molar-refractivity contribution in [1.29, 1.82) is 0 Å². The van der Waals surface area contributed by atoms with Crippen LogP contribution in [0.15, 0.2) is 29.6 Å². The number of thiophene rings is 1. The van der Waals surface area contributed by atoms with Crippen LogP contribution in [0.25, 0.3) is 10.1 Å². The first-order valence-electron chi connectivity index (χ1n) is 7.70. The molecule has 5 heteroatoms. The number of aryl methyl sites for hydroxylation is 1. The third-order valence-corrected chi connectivity index (χ3v) is 5.13. The standard InChI is InChI=1S/C17H22N2OS.ClH/c1-13-11-19(10-9-18-13)17(20)8-4-5-14-12-21-16-7-3-2-6-15(14)16;/h2-3,6-7,12-13,18H,4-5,8-11H2,1H3;1H. The molecular formula is C17H23ClN2OS. The molecule has 1 aromatic carbocycles. The number of carbonyl (C=O) groups is 1. The zero-order valence-corrected chi connectivity index (χ0v) is 14.5. The van der Waals surface area contributed by atoms with Crippen LogP contribution in [0.1, 0.15) is 25.3 Å². The lowest BCUT2D eigenvalue weighted by atomic mass is 10.1. The zero-order chi connectivity index (χ0) is 14.7. The fourth-order valence-electron chi connectivity index (χ4n) is 2.97. The highest BCUT2D eigenvalue weighted by Crippen LogP contribution is 2.26. The van der Waals surface area contributed by atoms with E-state index in [0.29, 0.717) is 18.4 Å². The highest BCUT2D eigenvalue weighted by Gasteiger charge is 2.19. The van der Waals surface area contributed by atoms with Gasteiger partial charge in [-0.3, -0.25) is 4.79 Å². The van der Waals surface area contributed by atoms with Gasteiger partial charge in [-0.1, -0.05) is 18.2 Å². The lowest BCUT2D eigenvalue weighted by molar-refractivity contribution is -0.132. The van der Waals surface area contributed by atoms with Crippen molar-refractivity contribution >= 4 is 39.7 Å². The molecule has 0 spiro atoms. The van der Waals surface area contributed by atoms with E-state index >= 15 is 0 Å². The molecule has 1 fully saturated rings. The molecule has 3 nitrogen and oxygen atoms in total. The molecule has 1 atom stereocenters. The first-order chi connectivity index (χ1) is 10.2. The molecule has 0 aliphatic carbocycles. The maximum absolute atomic E-state index is 12.2. The van der Waals surface area contributed by atoms with E-state index < -0.39 is 0 Å². The average molecular weight is 339 g/mol. The number of hydrogen-bond acceptors (Lipinski definition) is 3. The minimum atomic E-state index is 0. The summed E-state index contributed by atoms with van der Waals surface area (Å²) in [6, 6.07) is 8.94. The fourth-order valence-corrected chi connectivity index (χ4v) is 3.97. The summed E-state index contributed by atoms with van der Waals surface area (Å²) in [5, 5.41) is 6.96. The lowest BCUT2D eigenvalue weighted by Gasteiger charge is -2.32. The van der Waals surface area contributed by atoms with E-state index in [1.54, 1.807) is 11.3 Å². The topological polar surface area (TPSA) is 32.3 Å². The van der Waals surface area contributed by atoms with Crippen molar-refractivity contribution < 1.29 is 4.79 Å². The van der Waals surface area contributed by atoms with Crippen LogP contribution >= 0.6 is 23.7 Å². The van der Waals surface area contributed by atoms with E-state index in [2.05, 4.69) is 41.9 Å². The number of nitrogens with zero attached hydrogens (tertiary/aromatic N) is 1. The molecular weight excluding hydrogens is 316 g/mol. The molecule has 1 unspecified atom stereocenters. The molecule has 1 saturated heterocycles. The van der Waals surface area contributed by atoms with E-state index in [9.17, 15) is 4.79 Å². The van der Waals surface area contributed by atoms with Gasteiger partial charge in [-0.05, 0) is 42.2 Å².